The highest BCUT2D eigenvalue weighted by Crippen LogP contribution is 2.14. The zero-order chi connectivity index (χ0) is 13.9. The molecule has 0 aliphatic carbocycles. The van der Waals surface area contributed by atoms with Gasteiger partial charge in [0.05, 0.1) is 0 Å². The molecule has 0 unspecified atom stereocenters. The fourth-order valence-corrected chi connectivity index (χ4v) is 2.49. The van der Waals surface area contributed by atoms with Crippen molar-refractivity contribution in [1.82, 2.24) is 4.98 Å². The fraction of sp³-hybridized carbons (Fsp3) is 0.625. The van der Waals surface area contributed by atoms with Gasteiger partial charge in [-0.25, -0.2) is 0 Å². The van der Waals surface area contributed by atoms with E-state index < -0.39 is 0 Å². The van der Waals surface area contributed by atoms with Gasteiger partial charge in [-0.2, -0.15) is 0 Å². The zero-order valence-electron chi connectivity index (χ0n) is 11.8. The summed E-state index contributed by atoms with van der Waals surface area (Å²) in [6, 6.07) is 1.85. The molecular formula is C16H24BrNO. The quantitative estimate of drug-likeness (QED) is 0.416. The number of hydrogen-bond acceptors (Lipinski definition) is 2. The number of hydrogen-bond donors (Lipinski definition) is 0. The van der Waals surface area contributed by atoms with Crippen molar-refractivity contribution in [3.8, 4) is 0 Å². The van der Waals surface area contributed by atoms with E-state index in [9.17, 15) is 4.79 Å². The van der Waals surface area contributed by atoms with Gasteiger partial charge in [-0.15, -0.1) is 0 Å². The summed E-state index contributed by atoms with van der Waals surface area (Å²) < 4.78 is 0.870. The Morgan fingerprint density at radius 3 is 2.32 bits per heavy atom. The van der Waals surface area contributed by atoms with E-state index in [1.807, 2.05) is 6.07 Å². The van der Waals surface area contributed by atoms with Crippen LogP contribution in [-0.2, 0) is 0 Å². The molecule has 0 aliphatic heterocycles. The van der Waals surface area contributed by atoms with Gasteiger partial charge in [0.1, 0.15) is 0 Å². The van der Waals surface area contributed by atoms with Gasteiger partial charge >= 0.3 is 0 Å². The lowest BCUT2D eigenvalue weighted by molar-refractivity contribution is 0.0978. The molecule has 106 valence electrons. The van der Waals surface area contributed by atoms with E-state index in [4.69, 9.17) is 0 Å². The summed E-state index contributed by atoms with van der Waals surface area (Å²) in [5.74, 6) is 0.208. The average molecular weight is 326 g/mol. The Morgan fingerprint density at radius 1 is 1.05 bits per heavy atom. The van der Waals surface area contributed by atoms with E-state index in [0.717, 1.165) is 16.5 Å². The minimum Gasteiger partial charge on any atom is -0.294 e. The Hall–Kier alpha value is -0.700. The average Bonchev–Trinajstić information content (AvgIpc) is 2.41. The summed E-state index contributed by atoms with van der Waals surface area (Å²) in [6.07, 6.45) is 14.1. The Bertz CT molecular complexity index is 379. The first-order chi connectivity index (χ1) is 9.24. The second-order valence-corrected chi connectivity index (χ2v) is 5.96. The third kappa shape index (κ3) is 7.46. The maximum Gasteiger partial charge on any atom is 0.164 e. The van der Waals surface area contributed by atoms with E-state index in [1.54, 1.807) is 12.4 Å². The number of carbonyl (C=O) groups is 1. The minimum absolute atomic E-state index is 0.208. The molecule has 2 nitrogen and oxygen atoms in total. The van der Waals surface area contributed by atoms with E-state index in [2.05, 4.69) is 27.8 Å². The first-order valence-corrected chi connectivity index (χ1v) is 8.17. The number of halogens is 1. The van der Waals surface area contributed by atoms with Crippen molar-refractivity contribution in [1.29, 1.82) is 0 Å². The largest absolute Gasteiger partial charge is 0.294 e. The van der Waals surface area contributed by atoms with Crippen molar-refractivity contribution in [2.45, 2.75) is 64.7 Å². The molecule has 0 atom stereocenters. The summed E-state index contributed by atoms with van der Waals surface area (Å²) in [7, 11) is 0. The minimum atomic E-state index is 0.208. The maximum atomic E-state index is 11.9. The molecule has 0 spiro atoms. The van der Waals surface area contributed by atoms with Gasteiger partial charge in [-0.05, 0) is 28.4 Å². The topological polar surface area (TPSA) is 30.0 Å². The van der Waals surface area contributed by atoms with Crippen molar-refractivity contribution in [3.05, 3.63) is 28.5 Å². The smallest absolute Gasteiger partial charge is 0.164 e. The second kappa shape index (κ2) is 10.1. The molecule has 0 N–H and O–H groups in total. The van der Waals surface area contributed by atoms with Crippen LogP contribution in [0.15, 0.2) is 22.9 Å². The summed E-state index contributed by atoms with van der Waals surface area (Å²) in [5.41, 5.74) is 0.720. The molecule has 3 heteroatoms. The van der Waals surface area contributed by atoms with Crippen LogP contribution < -0.4 is 0 Å². The molecule has 0 bridgehead atoms. The van der Waals surface area contributed by atoms with Crippen molar-refractivity contribution in [2.75, 3.05) is 0 Å². The normalized spacial score (nSPS) is 10.6. The fourth-order valence-electron chi connectivity index (χ4n) is 2.13. The van der Waals surface area contributed by atoms with Crippen LogP contribution in [0.1, 0.15) is 75.1 Å². The third-order valence-corrected chi connectivity index (χ3v) is 3.72. The van der Waals surface area contributed by atoms with Gasteiger partial charge < -0.3 is 0 Å². The van der Waals surface area contributed by atoms with Gasteiger partial charge in [-0.3, -0.25) is 9.78 Å². The summed E-state index contributed by atoms with van der Waals surface area (Å²) in [5, 5.41) is 0. The summed E-state index contributed by atoms with van der Waals surface area (Å²) >= 11 is 3.34. The molecule has 0 radical (unpaired) electrons. The predicted molar refractivity (Wildman–Crippen MR) is 83.5 cm³/mol. The number of Topliss-reactive ketones (excluding diaryl/α,β-unsaturated/α-hetero) is 1. The molecule has 19 heavy (non-hydrogen) atoms. The third-order valence-electron chi connectivity index (χ3n) is 3.28. The van der Waals surface area contributed by atoms with Crippen LogP contribution >= 0.6 is 15.9 Å². The molecule has 0 amide bonds. The Labute approximate surface area is 125 Å². The Morgan fingerprint density at radius 2 is 1.68 bits per heavy atom. The van der Waals surface area contributed by atoms with Crippen LogP contribution in [0.2, 0.25) is 0 Å². The highest BCUT2D eigenvalue weighted by Gasteiger charge is 2.06. The molecule has 0 aromatic carbocycles. The van der Waals surface area contributed by atoms with Crippen LogP contribution in [0.3, 0.4) is 0 Å². The van der Waals surface area contributed by atoms with Crippen LogP contribution in [0.5, 0.6) is 0 Å². The highest BCUT2D eigenvalue weighted by atomic mass is 79.9. The van der Waals surface area contributed by atoms with Crippen LogP contribution in [0.25, 0.3) is 0 Å². The molecule has 1 aromatic rings. The lowest BCUT2D eigenvalue weighted by atomic mass is 10.0. The summed E-state index contributed by atoms with van der Waals surface area (Å²) in [4.78, 5) is 15.9. The van der Waals surface area contributed by atoms with E-state index in [0.29, 0.717) is 6.42 Å². The molecule has 0 fully saturated rings. The zero-order valence-corrected chi connectivity index (χ0v) is 13.4. The number of unbranched alkanes of at least 4 members (excludes halogenated alkanes) is 7. The van der Waals surface area contributed by atoms with Crippen LogP contribution in [0.4, 0.5) is 0 Å². The molecule has 1 heterocycles. The van der Waals surface area contributed by atoms with Crippen LogP contribution in [-0.4, -0.2) is 10.8 Å². The highest BCUT2D eigenvalue weighted by molar-refractivity contribution is 9.10. The monoisotopic (exact) mass is 325 g/mol. The van der Waals surface area contributed by atoms with Crippen LogP contribution in [0, 0.1) is 0 Å². The van der Waals surface area contributed by atoms with Crippen molar-refractivity contribution in [2.24, 2.45) is 0 Å². The lowest BCUT2D eigenvalue weighted by Crippen LogP contribution is -1.99. The predicted octanol–water partition coefficient (Wildman–Crippen LogP) is 5.56. The molecule has 0 saturated carbocycles. The number of aromatic nitrogens is 1. The van der Waals surface area contributed by atoms with E-state index >= 15 is 0 Å². The van der Waals surface area contributed by atoms with Gasteiger partial charge in [0.2, 0.25) is 0 Å². The van der Waals surface area contributed by atoms with Crippen molar-refractivity contribution < 1.29 is 4.79 Å². The Kier molecular flexibility index (Phi) is 8.72. The second-order valence-electron chi connectivity index (χ2n) is 5.04. The first-order valence-electron chi connectivity index (χ1n) is 7.37. The number of pyridine rings is 1. The maximum absolute atomic E-state index is 11.9. The van der Waals surface area contributed by atoms with Gasteiger partial charge in [0.25, 0.3) is 0 Å². The Balaban J connectivity index is 2.08. The number of nitrogens with zero attached hydrogens (tertiary/aromatic N) is 1. The molecule has 1 aromatic heterocycles. The molecular weight excluding hydrogens is 302 g/mol. The molecule has 1 rings (SSSR count). The van der Waals surface area contributed by atoms with E-state index in [-0.39, 0.29) is 5.78 Å². The number of ketones is 1. The number of carbonyl (C=O) groups excluding carboxylic acids is 1. The van der Waals surface area contributed by atoms with E-state index in [1.165, 1.54) is 44.9 Å². The first kappa shape index (κ1) is 16.4. The lowest BCUT2D eigenvalue weighted by Gasteiger charge is -2.02. The SMILES string of the molecule is CCCCCCCCCCC(=O)c1cncc(Br)c1. The van der Waals surface area contributed by atoms with Gasteiger partial charge in [0, 0.05) is 28.9 Å². The standard InChI is InChI=1S/C16H24BrNO/c1-2-3-4-5-6-7-8-9-10-16(19)14-11-15(17)13-18-12-14/h11-13H,2-10H2,1H3. The van der Waals surface area contributed by atoms with Gasteiger partial charge in [-0.1, -0.05) is 51.9 Å². The molecule has 0 saturated heterocycles. The van der Waals surface area contributed by atoms with Crippen molar-refractivity contribution in [3.63, 3.8) is 0 Å². The van der Waals surface area contributed by atoms with Crippen molar-refractivity contribution >= 4 is 21.7 Å². The van der Waals surface area contributed by atoms with Gasteiger partial charge in [0.15, 0.2) is 5.78 Å². The number of rotatable bonds is 10. The molecule has 0 aliphatic rings. The summed E-state index contributed by atoms with van der Waals surface area (Å²) in [6.45, 7) is 2.24.